The molecule has 2 rings (SSSR count). The highest BCUT2D eigenvalue weighted by molar-refractivity contribution is 7.12. The second-order valence-corrected chi connectivity index (χ2v) is 5.64. The van der Waals surface area contributed by atoms with Crippen LogP contribution in [-0.2, 0) is 6.18 Å². The molecule has 0 aromatic carbocycles. The van der Waals surface area contributed by atoms with Gasteiger partial charge in [0.1, 0.15) is 4.88 Å². The molecule has 1 heterocycles. The molecule has 5 heteroatoms. The van der Waals surface area contributed by atoms with Gasteiger partial charge in [-0.25, -0.2) is 0 Å². The molecule has 1 aromatic rings. The van der Waals surface area contributed by atoms with Crippen LogP contribution in [0.15, 0.2) is 12.1 Å². The van der Waals surface area contributed by atoms with E-state index in [2.05, 4.69) is 0 Å². The van der Waals surface area contributed by atoms with Crippen LogP contribution in [0.5, 0.6) is 0 Å². The first-order chi connectivity index (χ1) is 6.74. The van der Waals surface area contributed by atoms with Crippen molar-refractivity contribution >= 4 is 11.3 Å². The Morgan fingerprint density at radius 3 is 2.20 bits per heavy atom. The Labute approximate surface area is 90.1 Å². The normalized spacial score (nSPS) is 29.2. The van der Waals surface area contributed by atoms with Crippen molar-refractivity contribution in [3.05, 3.63) is 21.9 Å². The van der Waals surface area contributed by atoms with Gasteiger partial charge >= 0.3 is 6.18 Å². The first-order valence-corrected chi connectivity index (χ1v) is 5.49. The lowest BCUT2D eigenvalue weighted by Crippen LogP contribution is -2.06. The lowest BCUT2D eigenvalue weighted by atomic mass is 10.1. The number of hydrogen-bond acceptors (Lipinski definition) is 2. The average molecular weight is 235 g/mol. The number of halogens is 3. The maximum Gasteiger partial charge on any atom is 0.425 e. The maximum atomic E-state index is 12.4. The first-order valence-electron chi connectivity index (χ1n) is 4.67. The van der Waals surface area contributed by atoms with Gasteiger partial charge in [0.15, 0.2) is 0 Å². The molecule has 15 heavy (non-hydrogen) atoms. The Balaban J connectivity index is 2.23. The van der Waals surface area contributed by atoms with E-state index in [9.17, 15) is 13.2 Å². The van der Waals surface area contributed by atoms with Gasteiger partial charge in [-0.15, -0.1) is 11.3 Å². The van der Waals surface area contributed by atoms with Gasteiger partial charge in [-0.2, -0.15) is 13.2 Å². The van der Waals surface area contributed by atoms with Crippen LogP contribution in [0.3, 0.4) is 0 Å². The fourth-order valence-electron chi connectivity index (χ4n) is 1.89. The SMILES string of the molecule is CC1(C)[C@H](N)[C@H]1c1ccc(C(F)(F)F)s1. The number of alkyl halides is 3. The fourth-order valence-corrected chi connectivity index (χ4v) is 3.11. The zero-order chi connectivity index (χ0) is 11.4. The molecule has 0 bridgehead atoms. The number of hydrogen-bond donors (Lipinski definition) is 1. The Bertz CT molecular complexity index is 380. The summed E-state index contributed by atoms with van der Waals surface area (Å²) in [4.78, 5) is 0.215. The van der Waals surface area contributed by atoms with E-state index in [1.54, 1.807) is 6.07 Å². The highest BCUT2D eigenvalue weighted by Gasteiger charge is 2.57. The molecule has 1 saturated carbocycles. The van der Waals surface area contributed by atoms with Crippen LogP contribution in [0.4, 0.5) is 13.2 Å². The van der Waals surface area contributed by atoms with Crippen LogP contribution < -0.4 is 5.73 Å². The van der Waals surface area contributed by atoms with E-state index in [4.69, 9.17) is 5.73 Å². The molecular weight excluding hydrogens is 223 g/mol. The van der Waals surface area contributed by atoms with Gasteiger partial charge in [0, 0.05) is 16.8 Å². The van der Waals surface area contributed by atoms with E-state index in [-0.39, 0.29) is 17.4 Å². The smallest absolute Gasteiger partial charge is 0.327 e. The third kappa shape index (κ3) is 1.67. The predicted molar refractivity (Wildman–Crippen MR) is 53.8 cm³/mol. The Hall–Kier alpha value is -0.550. The number of rotatable bonds is 1. The molecule has 0 radical (unpaired) electrons. The largest absolute Gasteiger partial charge is 0.425 e. The zero-order valence-electron chi connectivity index (χ0n) is 8.43. The van der Waals surface area contributed by atoms with Crippen LogP contribution in [0, 0.1) is 5.41 Å². The summed E-state index contributed by atoms with van der Waals surface area (Å²) in [5.74, 6) is 0.0820. The summed E-state index contributed by atoms with van der Waals surface area (Å²) in [5.41, 5.74) is 5.76. The lowest BCUT2D eigenvalue weighted by molar-refractivity contribution is -0.134. The Morgan fingerprint density at radius 2 is 1.87 bits per heavy atom. The molecule has 2 atom stereocenters. The first kappa shape index (κ1) is 11.0. The maximum absolute atomic E-state index is 12.4. The molecule has 84 valence electrons. The fraction of sp³-hybridized carbons (Fsp3) is 0.600. The number of thiophene rings is 1. The van der Waals surface area contributed by atoms with Crippen LogP contribution in [0.25, 0.3) is 0 Å². The van der Waals surface area contributed by atoms with Crippen molar-refractivity contribution in [2.45, 2.75) is 32.0 Å². The molecule has 0 aliphatic heterocycles. The van der Waals surface area contributed by atoms with Crippen molar-refractivity contribution in [3.8, 4) is 0 Å². The van der Waals surface area contributed by atoms with E-state index < -0.39 is 11.1 Å². The minimum absolute atomic E-state index is 0.0165. The molecule has 0 amide bonds. The van der Waals surface area contributed by atoms with Crippen molar-refractivity contribution in [2.75, 3.05) is 0 Å². The van der Waals surface area contributed by atoms with Gasteiger partial charge in [0.2, 0.25) is 0 Å². The summed E-state index contributed by atoms with van der Waals surface area (Å²) in [7, 11) is 0. The lowest BCUT2D eigenvalue weighted by Gasteiger charge is -2.01. The summed E-state index contributed by atoms with van der Waals surface area (Å²) >= 11 is 0.811. The number of nitrogens with two attached hydrogens (primary N) is 1. The van der Waals surface area contributed by atoms with Gasteiger partial charge < -0.3 is 5.73 Å². The highest BCUT2D eigenvalue weighted by atomic mass is 32.1. The summed E-state index contributed by atoms with van der Waals surface area (Å²) in [6.07, 6.45) is -4.23. The van der Waals surface area contributed by atoms with Gasteiger partial charge in [-0.3, -0.25) is 0 Å². The monoisotopic (exact) mass is 235 g/mol. The second-order valence-electron chi connectivity index (χ2n) is 4.52. The molecule has 2 N–H and O–H groups in total. The summed E-state index contributed by atoms with van der Waals surface area (Å²) in [6, 6.07) is 2.67. The minimum Gasteiger partial charge on any atom is -0.327 e. The Morgan fingerprint density at radius 1 is 1.33 bits per heavy atom. The van der Waals surface area contributed by atoms with Crippen molar-refractivity contribution in [3.63, 3.8) is 0 Å². The molecule has 1 nitrogen and oxygen atoms in total. The topological polar surface area (TPSA) is 26.0 Å². The zero-order valence-corrected chi connectivity index (χ0v) is 9.25. The van der Waals surface area contributed by atoms with Crippen molar-refractivity contribution in [1.29, 1.82) is 0 Å². The van der Waals surface area contributed by atoms with Gasteiger partial charge in [-0.1, -0.05) is 13.8 Å². The summed E-state index contributed by atoms with van der Waals surface area (Å²) in [6.45, 7) is 3.96. The summed E-state index contributed by atoms with van der Waals surface area (Å²) < 4.78 is 37.1. The van der Waals surface area contributed by atoms with Crippen molar-refractivity contribution in [2.24, 2.45) is 11.1 Å². The molecule has 0 unspecified atom stereocenters. The second kappa shape index (κ2) is 2.98. The highest BCUT2D eigenvalue weighted by Crippen LogP contribution is 2.59. The van der Waals surface area contributed by atoms with Crippen molar-refractivity contribution < 1.29 is 13.2 Å². The average Bonchev–Trinajstić information content (AvgIpc) is 2.53. The van der Waals surface area contributed by atoms with E-state index in [1.165, 1.54) is 0 Å². The van der Waals surface area contributed by atoms with Gasteiger partial charge in [0.25, 0.3) is 0 Å². The van der Waals surface area contributed by atoms with Crippen LogP contribution in [-0.4, -0.2) is 6.04 Å². The standard InChI is InChI=1S/C10H12F3NS/c1-9(2)7(8(9)14)5-3-4-6(15-5)10(11,12)13/h3-4,7-8H,14H2,1-2H3/t7-,8-/m1/s1. The summed E-state index contributed by atoms with van der Waals surface area (Å²) in [5, 5.41) is 0. The third-order valence-electron chi connectivity index (χ3n) is 3.12. The van der Waals surface area contributed by atoms with Crippen LogP contribution in [0.1, 0.15) is 29.5 Å². The molecular formula is C10H12F3NS. The molecule has 1 aliphatic rings. The quantitative estimate of drug-likeness (QED) is 0.794. The minimum atomic E-state index is -4.23. The van der Waals surface area contributed by atoms with E-state index in [1.807, 2.05) is 13.8 Å². The van der Waals surface area contributed by atoms with Gasteiger partial charge in [0.05, 0.1) is 0 Å². The van der Waals surface area contributed by atoms with Gasteiger partial charge in [-0.05, 0) is 17.5 Å². The molecule has 0 spiro atoms. The van der Waals surface area contributed by atoms with E-state index >= 15 is 0 Å². The molecule has 1 aromatic heterocycles. The van der Waals surface area contributed by atoms with Crippen molar-refractivity contribution in [1.82, 2.24) is 0 Å². The Kier molecular flexibility index (Phi) is 2.18. The van der Waals surface area contributed by atoms with Crippen LogP contribution in [0.2, 0.25) is 0 Å². The third-order valence-corrected chi connectivity index (χ3v) is 4.34. The van der Waals surface area contributed by atoms with E-state index in [0.717, 1.165) is 22.3 Å². The molecule has 0 saturated heterocycles. The van der Waals surface area contributed by atoms with E-state index in [0.29, 0.717) is 0 Å². The predicted octanol–water partition coefficient (Wildman–Crippen LogP) is 3.22. The molecule has 1 aliphatic carbocycles. The molecule has 1 fully saturated rings. The van der Waals surface area contributed by atoms with Crippen LogP contribution >= 0.6 is 11.3 Å².